The predicted octanol–water partition coefficient (Wildman–Crippen LogP) is 3.75. The Morgan fingerprint density at radius 2 is 1.62 bits per heavy atom. The van der Waals surface area contributed by atoms with Gasteiger partial charge in [-0.15, -0.1) is 5.10 Å². The highest BCUT2D eigenvalue weighted by Crippen LogP contribution is 2.32. The summed E-state index contributed by atoms with van der Waals surface area (Å²) in [6.45, 7) is 7.83. The first kappa shape index (κ1) is 20.2. The van der Waals surface area contributed by atoms with Gasteiger partial charge in [-0.3, -0.25) is 19.1 Å². The largest absolute Gasteiger partial charge is 0.282 e. The molecule has 1 aromatic carbocycles. The van der Waals surface area contributed by atoms with E-state index in [1.165, 1.54) is 4.90 Å². The van der Waals surface area contributed by atoms with E-state index in [0.29, 0.717) is 22.6 Å². The number of aromatic nitrogens is 6. The molecule has 0 bridgehead atoms. The molecule has 4 aromatic heterocycles. The summed E-state index contributed by atoms with van der Waals surface area (Å²) in [4.78, 5) is 41.1. The highest BCUT2D eigenvalue weighted by molar-refractivity contribution is 6.21. The molecule has 168 valence electrons. The van der Waals surface area contributed by atoms with Crippen molar-refractivity contribution < 1.29 is 9.59 Å². The Balaban J connectivity index is 1.49. The summed E-state index contributed by atoms with van der Waals surface area (Å²) in [6, 6.07) is 10.2. The molecule has 1 atom stereocenters. The third kappa shape index (κ3) is 2.67. The van der Waals surface area contributed by atoms with Crippen molar-refractivity contribution in [1.29, 1.82) is 0 Å². The van der Waals surface area contributed by atoms with Gasteiger partial charge in [0, 0.05) is 11.9 Å². The lowest BCUT2D eigenvalue weighted by atomic mass is 10.1. The second-order valence-electron chi connectivity index (χ2n) is 8.62. The SMILES string of the molecule is Cc1ccnc(-n2c(C)c(C)c3c2ncn2nc(C(C)N4C(=O)c5ccccc5C4=O)nc32)c1. The molecule has 0 radical (unpaired) electrons. The van der Waals surface area contributed by atoms with Gasteiger partial charge in [0.15, 0.2) is 17.1 Å². The monoisotopic (exact) mass is 451 g/mol. The number of carbonyl (C=O) groups excluding carboxylic acids is 2. The molecule has 0 spiro atoms. The van der Waals surface area contributed by atoms with Crippen LogP contribution in [0, 0.1) is 20.8 Å². The van der Waals surface area contributed by atoms with Crippen molar-refractivity contribution in [2.75, 3.05) is 0 Å². The van der Waals surface area contributed by atoms with E-state index in [0.717, 1.165) is 33.7 Å². The van der Waals surface area contributed by atoms with Gasteiger partial charge in [0.05, 0.1) is 22.6 Å². The molecular formula is C25H21N7O2. The number of rotatable bonds is 3. The zero-order valence-corrected chi connectivity index (χ0v) is 19.1. The van der Waals surface area contributed by atoms with E-state index in [1.807, 2.05) is 37.5 Å². The molecule has 0 saturated carbocycles. The summed E-state index contributed by atoms with van der Waals surface area (Å²) >= 11 is 0. The maximum absolute atomic E-state index is 13.0. The minimum absolute atomic E-state index is 0.334. The first-order valence-corrected chi connectivity index (χ1v) is 11.0. The molecule has 5 heterocycles. The van der Waals surface area contributed by atoms with Gasteiger partial charge in [-0.05, 0) is 63.1 Å². The Morgan fingerprint density at radius 1 is 0.912 bits per heavy atom. The van der Waals surface area contributed by atoms with E-state index in [4.69, 9.17) is 4.98 Å². The Kier molecular flexibility index (Phi) is 4.19. The summed E-state index contributed by atoms with van der Waals surface area (Å²) in [5.41, 5.74) is 5.28. The maximum Gasteiger partial charge on any atom is 0.262 e. The fourth-order valence-electron chi connectivity index (χ4n) is 4.65. The second-order valence-corrected chi connectivity index (χ2v) is 8.62. The average molecular weight is 451 g/mol. The van der Waals surface area contributed by atoms with Crippen molar-refractivity contribution in [3.63, 3.8) is 0 Å². The van der Waals surface area contributed by atoms with Crippen LogP contribution in [0.2, 0.25) is 0 Å². The third-order valence-corrected chi connectivity index (χ3v) is 6.57. The predicted molar refractivity (Wildman–Crippen MR) is 125 cm³/mol. The summed E-state index contributed by atoms with van der Waals surface area (Å²) < 4.78 is 3.62. The maximum atomic E-state index is 13.0. The second kappa shape index (κ2) is 7.05. The van der Waals surface area contributed by atoms with Crippen LogP contribution in [0.4, 0.5) is 0 Å². The molecule has 34 heavy (non-hydrogen) atoms. The molecule has 5 aromatic rings. The van der Waals surface area contributed by atoms with Crippen molar-refractivity contribution in [3.8, 4) is 5.82 Å². The number of nitrogens with zero attached hydrogens (tertiary/aromatic N) is 7. The van der Waals surface area contributed by atoms with Gasteiger partial charge in [0.25, 0.3) is 11.8 Å². The van der Waals surface area contributed by atoms with Gasteiger partial charge in [-0.25, -0.2) is 19.5 Å². The molecule has 2 amide bonds. The molecule has 0 N–H and O–H groups in total. The quantitative estimate of drug-likeness (QED) is 0.388. The fourth-order valence-corrected chi connectivity index (χ4v) is 4.65. The first-order valence-electron chi connectivity index (χ1n) is 11.0. The van der Waals surface area contributed by atoms with Crippen molar-refractivity contribution in [2.45, 2.75) is 33.7 Å². The number of carbonyl (C=O) groups is 2. The van der Waals surface area contributed by atoms with Crippen LogP contribution in [0.15, 0.2) is 48.9 Å². The number of aryl methyl sites for hydroxylation is 2. The summed E-state index contributed by atoms with van der Waals surface area (Å²) in [5.74, 6) is 0.492. The van der Waals surface area contributed by atoms with E-state index >= 15 is 0 Å². The Labute approximate surface area is 194 Å². The number of amides is 2. The van der Waals surface area contributed by atoms with Crippen LogP contribution in [-0.4, -0.2) is 45.8 Å². The number of hydrogen-bond acceptors (Lipinski definition) is 6. The minimum atomic E-state index is -0.635. The van der Waals surface area contributed by atoms with Crippen molar-refractivity contribution >= 4 is 28.5 Å². The van der Waals surface area contributed by atoms with Crippen LogP contribution in [0.25, 0.3) is 22.5 Å². The summed E-state index contributed by atoms with van der Waals surface area (Å²) in [5, 5.41) is 5.44. The van der Waals surface area contributed by atoms with Gasteiger partial charge >= 0.3 is 0 Å². The topological polar surface area (TPSA) is 98.3 Å². The molecule has 0 fully saturated rings. The van der Waals surface area contributed by atoms with Crippen LogP contribution < -0.4 is 0 Å². The smallest absolute Gasteiger partial charge is 0.262 e. The number of pyridine rings is 1. The van der Waals surface area contributed by atoms with Crippen LogP contribution in [0.5, 0.6) is 0 Å². The highest BCUT2D eigenvalue weighted by Gasteiger charge is 2.40. The molecule has 6 rings (SSSR count). The van der Waals surface area contributed by atoms with Crippen LogP contribution >= 0.6 is 0 Å². The van der Waals surface area contributed by atoms with Gasteiger partial charge in [0.1, 0.15) is 12.1 Å². The molecule has 1 aliphatic rings. The van der Waals surface area contributed by atoms with Crippen LogP contribution in [0.3, 0.4) is 0 Å². The Hall–Kier alpha value is -4.40. The number of imide groups is 1. The van der Waals surface area contributed by atoms with Gasteiger partial charge in [-0.1, -0.05) is 12.1 Å². The van der Waals surface area contributed by atoms with Crippen LogP contribution in [-0.2, 0) is 0 Å². The van der Waals surface area contributed by atoms with Crippen molar-refractivity contribution in [3.05, 3.63) is 82.7 Å². The Bertz CT molecular complexity index is 1630. The zero-order chi connectivity index (χ0) is 23.7. The lowest BCUT2D eigenvalue weighted by Crippen LogP contribution is -2.33. The van der Waals surface area contributed by atoms with Gasteiger partial charge in [0.2, 0.25) is 0 Å². The van der Waals surface area contributed by atoms with E-state index < -0.39 is 6.04 Å². The zero-order valence-electron chi connectivity index (χ0n) is 19.1. The lowest BCUT2D eigenvalue weighted by Gasteiger charge is -2.19. The van der Waals surface area contributed by atoms with Gasteiger partial charge < -0.3 is 0 Å². The molecule has 0 aliphatic carbocycles. The summed E-state index contributed by atoms with van der Waals surface area (Å²) in [7, 11) is 0. The van der Waals surface area contributed by atoms with Crippen molar-refractivity contribution in [1.82, 2.24) is 34.0 Å². The third-order valence-electron chi connectivity index (χ3n) is 6.57. The van der Waals surface area contributed by atoms with E-state index in [-0.39, 0.29) is 11.8 Å². The fraction of sp³-hybridized carbons (Fsp3) is 0.200. The van der Waals surface area contributed by atoms with E-state index in [9.17, 15) is 9.59 Å². The van der Waals surface area contributed by atoms with Crippen LogP contribution in [0.1, 0.15) is 56.3 Å². The standard InChI is InChI=1S/C25H21N7O2/c1-13-9-10-26-19(11-13)31-15(3)14(2)20-22(31)27-12-30-23(20)28-21(29-30)16(4)32-24(33)17-7-5-6-8-18(17)25(32)34/h5-12,16H,1-4H3. The van der Waals surface area contributed by atoms with E-state index in [1.54, 1.807) is 48.2 Å². The molecule has 9 heteroatoms. The Morgan fingerprint density at radius 3 is 2.29 bits per heavy atom. The molecule has 0 saturated heterocycles. The molecule has 1 unspecified atom stereocenters. The number of fused-ring (bicyclic) bond motifs is 4. The summed E-state index contributed by atoms with van der Waals surface area (Å²) in [6.07, 6.45) is 3.39. The average Bonchev–Trinajstić information content (AvgIpc) is 3.45. The highest BCUT2D eigenvalue weighted by atomic mass is 16.2. The van der Waals surface area contributed by atoms with Gasteiger partial charge in [-0.2, -0.15) is 0 Å². The minimum Gasteiger partial charge on any atom is -0.282 e. The number of hydrogen-bond donors (Lipinski definition) is 0. The lowest BCUT2D eigenvalue weighted by molar-refractivity contribution is 0.0589. The first-order chi connectivity index (χ1) is 16.4. The molecule has 1 aliphatic heterocycles. The number of benzene rings is 1. The van der Waals surface area contributed by atoms with E-state index in [2.05, 4.69) is 15.1 Å². The normalized spacial score (nSPS) is 14.4. The molecule has 9 nitrogen and oxygen atoms in total. The molecular weight excluding hydrogens is 430 g/mol. The van der Waals surface area contributed by atoms with Crippen molar-refractivity contribution in [2.24, 2.45) is 0 Å².